The maximum Gasteiger partial charge on any atom is 0.252 e. The minimum atomic E-state index is -3.40. The van der Waals surface area contributed by atoms with Crippen LogP contribution in [0, 0.1) is 11.8 Å². The van der Waals surface area contributed by atoms with E-state index in [1.165, 1.54) is 25.6 Å². The quantitative estimate of drug-likeness (QED) is 0.704. The standard InChI is InChI=1S/C20H32N2O3S/c1-4-26(24,25)19-10-6-5-9-18(19)20(23)21-11-7-8-12-22-14-16(2)13-17(3)15-22/h5-6,9-10,16-17H,4,7-8,11-15H2,1-3H3,(H,21,23). The van der Waals surface area contributed by atoms with E-state index < -0.39 is 9.84 Å². The molecular weight excluding hydrogens is 348 g/mol. The zero-order valence-corrected chi connectivity index (χ0v) is 17.0. The summed E-state index contributed by atoms with van der Waals surface area (Å²) < 4.78 is 24.3. The molecule has 0 bridgehead atoms. The summed E-state index contributed by atoms with van der Waals surface area (Å²) in [6.45, 7) is 10.2. The second-order valence-electron chi connectivity index (χ2n) is 7.57. The van der Waals surface area contributed by atoms with Crippen molar-refractivity contribution < 1.29 is 13.2 Å². The van der Waals surface area contributed by atoms with E-state index in [0.29, 0.717) is 6.54 Å². The summed E-state index contributed by atoms with van der Waals surface area (Å²) in [6.07, 6.45) is 3.24. The van der Waals surface area contributed by atoms with E-state index in [0.717, 1.165) is 31.2 Å². The summed E-state index contributed by atoms with van der Waals surface area (Å²) in [5, 5.41) is 2.87. The lowest BCUT2D eigenvalue weighted by Gasteiger charge is -2.34. The van der Waals surface area contributed by atoms with Crippen molar-refractivity contribution in [1.29, 1.82) is 0 Å². The summed E-state index contributed by atoms with van der Waals surface area (Å²) in [7, 11) is -3.40. The van der Waals surface area contributed by atoms with Crippen LogP contribution in [0.3, 0.4) is 0 Å². The van der Waals surface area contributed by atoms with Gasteiger partial charge in [-0.05, 0) is 49.8 Å². The molecule has 146 valence electrons. The molecule has 1 N–H and O–H groups in total. The first-order valence-electron chi connectivity index (χ1n) is 9.65. The largest absolute Gasteiger partial charge is 0.352 e. The predicted molar refractivity (Wildman–Crippen MR) is 105 cm³/mol. The first kappa shape index (κ1) is 20.9. The number of carbonyl (C=O) groups excluding carboxylic acids is 1. The minimum Gasteiger partial charge on any atom is -0.352 e. The molecule has 1 aromatic rings. The molecule has 1 heterocycles. The highest BCUT2D eigenvalue weighted by Crippen LogP contribution is 2.21. The molecule has 1 fully saturated rings. The van der Waals surface area contributed by atoms with Crippen molar-refractivity contribution in [3.05, 3.63) is 29.8 Å². The number of sulfone groups is 1. The van der Waals surface area contributed by atoms with Gasteiger partial charge >= 0.3 is 0 Å². The minimum absolute atomic E-state index is 0.00995. The molecule has 0 radical (unpaired) electrons. The van der Waals surface area contributed by atoms with Gasteiger partial charge in [0.25, 0.3) is 5.91 Å². The Morgan fingerprint density at radius 1 is 1.15 bits per heavy atom. The average molecular weight is 381 g/mol. The highest BCUT2D eigenvalue weighted by molar-refractivity contribution is 7.91. The molecule has 1 aliphatic rings. The molecule has 2 atom stereocenters. The Morgan fingerprint density at radius 3 is 2.46 bits per heavy atom. The Hall–Kier alpha value is -1.40. The van der Waals surface area contributed by atoms with Crippen LogP contribution >= 0.6 is 0 Å². The van der Waals surface area contributed by atoms with Crippen molar-refractivity contribution in [2.75, 3.05) is 31.9 Å². The fourth-order valence-corrected chi connectivity index (χ4v) is 4.91. The lowest BCUT2D eigenvalue weighted by Crippen LogP contribution is -2.39. The number of hydrogen-bond acceptors (Lipinski definition) is 4. The molecule has 6 heteroatoms. The molecule has 0 saturated carbocycles. The van der Waals surface area contributed by atoms with Crippen LogP contribution in [0.1, 0.15) is 50.4 Å². The van der Waals surface area contributed by atoms with E-state index in [-0.39, 0.29) is 22.1 Å². The molecule has 1 amide bonds. The Balaban J connectivity index is 1.79. The van der Waals surface area contributed by atoms with Gasteiger partial charge in [0.1, 0.15) is 0 Å². The third kappa shape index (κ3) is 5.81. The summed E-state index contributed by atoms with van der Waals surface area (Å²) in [4.78, 5) is 15.0. The van der Waals surface area contributed by atoms with Crippen LogP contribution in [0.4, 0.5) is 0 Å². The number of likely N-dealkylation sites (tertiary alicyclic amines) is 1. The summed E-state index contributed by atoms with van der Waals surface area (Å²) >= 11 is 0. The van der Waals surface area contributed by atoms with Crippen LogP contribution in [0.2, 0.25) is 0 Å². The normalized spacial score (nSPS) is 21.5. The van der Waals surface area contributed by atoms with Gasteiger partial charge in [-0.3, -0.25) is 4.79 Å². The number of piperidine rings is 1. The van der Waals surface area contributed by atoms with Crippen LogP contribution in [-0.2, 0) is 9.84 Å². The molecule has 26 heavy (non-hydrogen) atoms. The number of rotatable bonds is 8. The number of nitrogens with zero attached hydrogens (tertiary/aromatic N) is 1. The summed E-state index contributed by atoms with van der Waals surface area (Å²) in [6, 6.07) is 6.43. The highest BCUT2D eigenvalue weighted by Gasteiger charge is 2.22. The van der Waals surface area contributed by atoms with E-state index >= 15 is 0 Å². The predicted octanol–water partition coefficient (Wildman–Crippen LogP) is 2.97. The number of carbonyl (C=O) groups is 1. The smallest absolute Gasteiger partial charge is 0.252 e. The van der Waals surface area contributed by atoms with Crippen LogP contribution in [-0.4, -0.2) is 51.2 Å². The molecule has 0 spiro atoms. The van der Waals surface area contributed by atoms with E-state index in [1.54, 1.807) is 25.1 Å². The van der Waals surface area contributed by atoms with Crippen molar-refractivity contribution in [1.82, 2.24) is 10.2 Å². The molecule has 1 aromatic carbocycles. The van der Waals surface area contributed by atoms with E-state index in [1.807, 2.05) is 0 Å². The van der Waals surface area contributed by atoms with Crippen molar-refractivity contribution >= 4 is 15.7 Å². The Labute approximate surface area is 158 Å². The molecule has 2 unspecified atom stereocenters. The molecule has 5 nitrogen and oxygen atoms in total. The molecule has 1 aliphatic heterocycles. The van der Waals surface area contributed by atoms with Gasteiger partial charge in [0.15, 0.2) is 9.84 Å². The number of amides is 1. The summed E-state index contributed by atoms with van der Waals surface area (Å²) in [5.41, 5.74) is 0.244. The van der Waals surface area contributed by atoms with E-state index in [4.69, 9.17) is 0 Å². The molecular formula is C20H32N2O3S. The third-order valence-corrected chi connectivity index (χ3v) is 6.76. The second kappa shape index (κ2) is 9.51. The van der Waals surface area contributed by atoms with Gasteiger partial charge in [-0.2, -0.15) is 0 Å². The first-order valence-corrected chi connectivity index (χ1v) is 11.3. The Kier molecular flexibility index (Phi) is 7.65. The van der Waals surface area contributed by atoms with Crippen LogP contribution < -0.4 is 5.32 Å². The van der Waals surface area contributed by atoms with Crippen molar-refractivity contribution in [2.45, 2.75) is 44.9 Å². The molecule has 0 aliphatic carbocycles. The van der Waals surface area contributed by atoms with Crippen LogP contribution in [0.5, 0.6) is 0 Å². The van der Waals surface area contributed by atoms with Gasteiger partial charge < -0.3 is 10.2 Å². The van der Waals surface area contributed by atoms with Crippen molar-refractivity contribution in [3.63, 3.8) is 0 Å². The lowest BCUT2D eigenvalue weighted by atomic mass is 9.92. The SMILES string of the molecule is CCS(=O)(=O)c1ccccc1C(=O)NCCCCN1CC(C)CC(C)C1. The van der Waals surface area contributed by atoms with E-state index in [9.17, 15) is 13.2 Å². The van der Waals surface area contributed by atoms with E-state index in [2.05, 4.69) is 24.1 Å². The Morgan fingerprint density at radius 2 is 1.81 bits per heavy atom. The highest BCUT2D eigenvalue weighted by atomic mass is 32.2. The zero-order valence-electron chi connectivity index (χ0n) is 16.2. The number of nitrogens with one attached hydrogen (secondary N) is 1. The lowest BCUT2D eigenvalue weighted by molar-refractivity contribution is 0.0948. The fourth-order valence-electron chi connectivity index (χ4n) is 3.81. The Bertz CT molecular complexity index is 693. The topological polar surface area (TPSA) is 66.5 Å². The average Bonchev–Trinajstić information content (AvgIpc) is 2.60. The van der Waals surface area contributed by atoms with Gasteiger partial charge in [-0.25, -0.2) is 8.42 Å². The number of hydrogen-bond donors (Lipinski definition) is 1. The van der Waals surface area contributed by atoms with Crippen molar-refractivity contribution in [3.8, 4) is 0 Å². The fraction of sp³-hybridized carbons (Fsp3) is 0.650. The molecule has 0 aromatic heterocycles. The number of benzene rings is 1. The van der Waals surface area contributed by atoms with Gasteiger partial charge in [0.2, 0.25) is 0 Å². The first-order chi connectivity index (χ1) is 12.3. The van der Waals surface area contributed by atoms with Crippen molar-refractivity contribution in [2.24, 2.45) is 11.8 Å². The van der Waals surface area contributed by atoms with Gasteiger partial charge in [-0.1, -0.05) is 32.9 Å². The molecule has 2 rings (SSSR count). The zero-order chi connectivity index (χ0) is 19.2. The van der Waals surface area contributed by atoms with Crippen LogP contribution in [0.15, 0.2) is 29.2 Å². The van der Waals surface area contributed by atoms with Gasteiger partial charge in [0.05, 0.1) is 16.2 Å². The van der Waals surface area contributed by atoms with Crippen LogP contribution in [0.25, 0.3) is 0 Å². The van der Waals surface area contributed by atoms with Gasteiger partial charge in [0, 0.05) is 19.6 Å². The maximum atomic E-state index is 12.4. The maximum absolute atomic E-state index is 12.4. The number of unbranched alkanes of at least 4 members (excludes halogenated alkanes) is 1. The summed E-state index contributed by atoms with van der Waals surface area (Å²) in [5.74, 6) is 1.20. The second-order valence-corrected chi connectivity index (χ2v) is 9.81. The third-order valence-electron chi connectivity index (χ3n) is 4.98. The van der Waals surface area contributed by atoms with Gasteiger partial charge in [-0.15, -0.1) is 0 Å². The monoisotopic (exact) mass is 380 g/mol. The molecule has 1 saturated heterocycles.